The van der Waals surface area contributed by atoms with Crippen LogP contribution in [-0.4, -0.2) is 79.1 Å². The Morgan fingerprint density at radius 1 is 0.840 bits per heavy atom. The van der Waals surface area contributed by atoms with E-state index >= 15 is 0 Å². The number of rotatable bonds is 7. The molecular weight excluding hydrogens is 703 g/mol. The number of aromatic nitrogens is 4. The Morgan fingerprint density at radius 2 is 1.44 bits per heavy atom. The second-order valence-electron chi connectivity index (χ2n) is 10.5. The number of alkyl halides is 9. The van der Waals surface area contributed by atoms with Gasteiger partial charge >= 0.3 is 30.7 Å². The van der Waals surface area contributed by atoms with Crippen LogP contribution in [-0.2, 0) is 14.4 Å². The third-order valence-corrected chi connectivity index (χ3v) is 5.12. The number of hydrogen-bond donors (Lipinski definition) is 5. The molecule has 0 bridgehead atoms. The van der Waals surface area contributed by atoms with E-state index in [9.17, 15) is 44.3 Å². The molecular formula is C28H25F9N6O7. The molecule has 2 aromatic carbocycles. The maximum Gasteiger partial charge on any atom is 0.573 e. The maximum atomic E-state index is 12.7. The van der Waals surface area contributed by atoms with Gasteiger partial charge in [-0.25, -0.2) is 19.6 Å². The minimum absolute atomic E-state index is 0.172. The molecule has 4 rings (SSSR count). The minimum Gasteiger partial charge on any atom is -0.484 e. The number of carbonyl (C=O) groups is 3. The first-order valence-corrected chi connectivity index (χ1v) is 13.3. The van der Waals surface area contributed by atoms with Crippen molar-refractivity contribution in [1.29, 1.82) is 0 Å². The lowest BCUT2D eigenvalue weighted by Gasteiger charge is -2.20. The van der Waals surface area contributed by atoms with Crippen LogP contribution in [0, 0.1) is 0 Å². The summed E-state index contributed by atoms with van der Waals surface area (Å²) in [5.41, 5.74) is 1.13. The highest BCUT2D eigenvalue weighted by molar-refractivity contribution is 5.93. The second kappa shape index (κ2) is 16.0. The first-order valence-electron chi connectivity index (χ1n) is 13.3. The van der Waals surface area contributed by atoms with Crippen molar-refractivity contribution in [2.24, 2.45) is 0 Å². The Labute approximate surface area is 274 Å². The van der Waals surface area contributed by atoms with E-state index in [1.54, 1.807) is 30.5 Å². The summed E-state index contributed by atoms with van der Waals surface area (Å²) in [6.45, 7) is 5.44. The fourth-order valence-electron chi connectivity index (χ4n) is 3.31. The van der Waals surface area contributed by atoms with Gasteiger partial charge in [0.2, 0.25) is 0 Å². The van der Waals surface area contributed by atoms with Gasteiger partial charge in [-0.15, -0.1) is 13.2 Å². The van der Waals surface area contributed by atoms with Gasteiger partial charge in [0.15, 0.2) is 12.4 Å². The van der Waals surface area contributed by atoms with Gasteiger partial charge in [-0.2, -0.15) is 31.4 Å². The minimum atomic E-state index is -5.08. The molecule has 0 aliphatic heterocycles. The predicted molar refractivity (Wildman–Crippen MR) is 154 cm³/mol. The molecule has 0 fully saturated rings. The molecule has 0 saturated heterocycles. The molecule has 0 spiro atoms. The largest absolute Gasteiger partial charge is 0.573 e. The number of fused-ring (bicyclic) bond motifs is 1. The zero-order valence-electron chi connectivity index (χ0n) is 25.6. The molecule has 0 unspecified atom stereocenters. The van der Waals surface area contributed by atoms with Crippen LogP contribution in [0.4, 0.5) is 51.0 Å². The molecule has 1 amide bonds. The Bertz CT molecular complexity index is 1750. The number of ether oxygens (including phenoxy) is 2. The van der Waals surface area contributed by atoms with E-state index in [2.05, 4.69) is 35.5 Å². The summed E-state index contributed by atoms with van der Waals surface area (Å²) in [7, 11) is 0. The molecule has 13 nitrogen and oxygen atoms in total. The molecule has 0 aliphatic rings. The fourth-order valence-corrected chi connectivity index (χ4v) is 3.31. The van der Waals surface area contributed by atoms with Gasteiger partial charge in [0.25, 0.3) is 5.91 Å². The molecule has 2 aromatic heterocycles. The van der Waals surface area contributed by atoms with Crippen molar-refractivity contribution in [2.45, 2.75) is 45.0 Å². The SMILES string of the molecule is CC(C)(C)NC(=O)COc1cccc(-c2nc(Nc3cn[nH]c3)c3cc(OC(F)(F)F)ccc3n2)c1.O=C(O)C(F)(F)F.O=C(O)C(F)(F)F. The van der Waals surface area contributed by atoms with E-state index < -0.39 is 36.4 Å². The van der Waals surface area contributed by atoms with Crippen molar-refractivity contribution >= 4 is 40.3 Å². The lowest BCUT2D eigenvalue weighted by Crippen LogP contribution is -2.43. The maximum absolute atomic E-state index is 12.7. The van der Waals surface area contributed by atoms with Crippen LogP contribution in [0.5, 0.6) is 11.5 Å². The zero-order valence-corrected chi connectivity index (χ0v) is 25.6. The zero-order chi connectivity index (χ0) is 38.1. The third kappa shape index (κ3) is 14.1. The van der Waals surface area contributed by atoms with Crippen LogP contribution in [0.3, 0.4) is 0 Å². The highest BCUT2D eigenvalue weighted by atomic mass is 19.4. The quantitative estimate of drug-likeness (QED) is 0.136. The fraction of sp³-hybridized carbons (Fsp3) is 0.286. The third-order valence-electron chi connectivity index (χ3n) is 5.12. The summed E-state index contributed by atoms with van der Waals surface area (Å²) in [4.78, 5) is 38.9. The number of benzene rings is 2. The van der Waals surface area contributed by atoms with Crippen molar-refractivity contribution in [3.05, 3.63) is 54.9 Å². The van der Waals surface area contributed by atoms with Crippen LogP contribution >= 0.6 is 0 Å². The highest BCUT2D eigenvalue weighted by Crippen LogP contribution is 2.32. The monoisotopic (exact) mass is 728 g/mol. The molecule has 0 aliphatic carbocycles. The van der Waals surface area contributed by atoms with Gasteiger partial charge in [0, 0.05) is 22.7 Å². The summed E-state index contributed by atoms with van der Waals surface area (Å²) >= 11 is 0. The van der Waals surface area contributed by atoms with E-state index in [1.807, 2.05) is 20.8 Å². The molecule has 22 heteroatoms. The molecule has 50 heavy (non-hydrogen) atoms. The van der Waals surface area contributed by atoms with Crippen molar-refractivity contribution in [3.63, 3.8) is 0 Å². The van der Waals surface area contributed by atoms with Crippen molar-refractivity contribution in [1.82, 2.24) is 25.5 Å². The standard InChI is InChI=1S/C24H23F3N6O3.2C2HF3O2/c1-23(2,3)33-20(34)13-35-16-6-4-5-14(9-16)21-31-19-8-7-17(36-24(25,26)27)10-18(19)22(32-21)30-15-11-28-29-12-15;2*3-2(4,5)1(6)7/h4-12H,13H2,1-3H3,(H,28,29)(H,33,34)(H,30,31,32);2*(H,6,7). The molecule has 0 saturated carbocycles. The molecule has 0 atom stereocenters. The number of carboxylic acid groups (broad SMARTS) is 2. The average molecular weight is 729 g/mol. The van der Waals surface area contributed by atoms with Gasteiger partial charge in [-0.1, -0.05) is 12.1 Å². The first kappa shape index (κ1) is 40.3. The molecule has 272 valence electrons. The van der Waals surface area contributed by atoms with E-state index in [0.717, 1.165) is 0 Å². The first-order chi connectivity index (χ1) is 22.8. The predicted octanol–water partition coefficient (Wildman–Crippen LogP) is 6.22. The number of amides is 1. The van der Waals surface area contributed by atoms with Gasteiger partial charge in [0.05, 0.1) is 17.4 Å². The van der Waals surface area contributed by atoms with Crippen molar-refractivity contribution in [3.8, 4) is 22.9 Å². The number of aromatic amines is 1. The van der Waals surface area contributed by atoms with Gasteiger partial charge in [-0.05, 0) is 51.1 Å². The number of carboxylic acids is 2. The number of halogens is 9. The van der Waals surface area contributed by atoms with E-state index in [0.29, 0.717) is 33.7 Å². The summed E-state index contributed by atoms with van der Waals surface area (Å²) < 4.78 is 111. The van der Waals surface area contributed by atoms with Crippen LogP contribution in [0.15, 0.2) is 54.9 Å². The van der Waals surface area contributed by atoms with Crippen molar-refractivity contribution < 1.29 is 73.6 Å². The average Bonchev–Trinajstić information content (AvgIpc) is 3.47. The van der Waals surface area contributed by atoms with Gasteiger partial charge in [-0.3, -0.25) is 9.89 Å². The summed E-state index contributed by atoms with van der Waals surface area (Å²) in [5, 5.41) is 26.9. The molecule has 4 aromatic rings. The van der Waals surface area contributed by atoms with Crippen molar-refractivity contribution in [2.75, 3.05) is 11.9 Å². The normalized spacial score (nSPS) is 11.7. The Kier molecular flexibility index (Phi) is 12.9. The summed E-state index contributed by atoms with van der Waals surface area (Å²) in [5.74, 6) is -5.20. The number of hydrogen-bond acceptors (Lipinski definition) is 9. The van der Waals surface area contributed by atoms with Crippen LogP contribution < -0.4 is 20.1 Å². The number of H-pyrrole nitrogens is 1. The lowest BCUT2D eigenvalue weighted by atomic mass is 10.1. The number of nitrogens with zero attached hydrogens (tertiary/aromatic N) is 3. The molecule has 2 heterocycles. The van der Waals surface area contributed by atoms with E-state index in [-0.39, 0.29) is 23.9 Å². The van der Waals surface area contributed by atoms with E-state index in [4.69, 9.17) is 24.5 Å². The van der Waals surface area contributed by atoms with Gasteiger partial charge in [0.1, 0.15) is 17.3 Å². The Hall–Kier alpha value is -5.83. The lowest BCUT2D eigenvalue weighted by molar-refractivity contribution is -0.274. The topological polar surface area (TPSA) is 189 Å². The molecule has 0 radical (unpaired) electrons. The number of anilines is 2. The van der Waals surface area contributed by atoms with Crippen LogP contribution in [0.2, 0.25) is 0 Å². The number of carbonyl (C=O) groups excluding carboxylic acids is 1. The second-order valence-corrected chi connectivity index (χ2v) is 10.5. The Morgan fingerprint density at radius 3 is 1.94 bits per heavy atom. The summed E-state index contributed by atoms with van der Waals surface area (Å²) in [6.07, 6.45) is -11.9. The van der Waals surface area contributed by atoms with Crippen LogP contribution in [0.25, 0.3) is 22.3 Å². The number of nitrogens with one attached hydrogen (secondary N) is 3. The summed E-state index contributed by atoms with van der Waals surface area (Å²) in [6, 6.07) is 10.7. The smallest absolute Gasteiger partial charge is 0.484 e. The highest BCUT2D eigenvalue weighted by Gasteiger charge is 2.39. The number of aliphatic carboxylic acids is 2. The van der Waals surface area contributed by atoms with E-state index in [1.165, 1.54) is 24.4 Å². The van der Waals surface area contributed by atoms with Gasteiger partial charge < -0.3 is 30.3 Å². The van der Waals surface area contributed by atoms with Crippen LogP contribution in [0.1, 0.15) is 20.8 Å². The Balaban J connectivity index is 0.000000521. The molecule has 5 N–H and O–H groups in total.